The molecule has 0 unspecified atom stereocenters. The summed E-state index contributed by atoms with van der Waals surface area (Å²) in [5.41, 5.74) is 0.204. The number of alkyl halides is 2. The van der Waals surface area contributed by atoms with Crippen LogP contribution in [-0.4, -0.2) is 24.8 Å². The van der Waals surface area contributed by atoms with Crippen molar-refractivity contribution in [1.82, 2.24) is 0 Å². The number of esters is 1. The van der Waals surface area contributed by atoms with Crippen LogP contribution in [0.15, 0.2) is 42.5 Å². The number of nitrogens with one attached hydrogen (secondary N) is 1. The quantitative estimate of drug-likeness (QED) is 0.512. The summed E-state index contributed by atoms with van der Waals surface area (Å²) in [5, 5.41) is 2.39. The van der Waals surface area contributed by atoms with E-state index in [1.165, 1.54) is 24.3 Å². The molecule has 0 aliphatic carbocycles. The van der Waals surface area contributed by atoms with Crippen LogP contribution in [0.1, 0.15) is 6.92 Å². The monoisotopic (exact) mass is 325 g/mol. The van der Waals surface area contributed by atoms with Crippen LogP contribution >= 0.6 is 0 Å². The lowest BCUT2D eigenvalue weighted by molar-refractivity contribution is -0.286. The number of hydrogen-bond acceptors (Lipinski definition) is 5. The van der Waals surface area contributed by atoms with E-state index in [0.29, 0.717) is 0 Å². The van der Waals surface area contributed by atoms with Gasteiger partial charge in [0.25, 0.3) is 5.91 Å². The number of rotatable bonds is 5. The Morgan fingerprint density at radius 2 is 2.00 bits per heavy atom. The number of allylic oxidation sites excluding steroid dienone is 3. The maximum atomic E-state index is 12.9. The van der Waals surface area contributed by atoms with Gasteiger partial charge < -0.3 is 19.5 Å². The Morgan fingerprint density at radius 3 is 2.74 bits per heavy atom. The van der Waals surface area contributed by atoms with Crippen LogP contribution in [0.3, 0.4) is 0 Å². The zero-order valence-corrected chi connectivity index (χ0v) is 12.0. The molecule has 0 bridgehead atoms. The van der Waals surface area contributed by atoms with Crippen LogP contribution in [0.4, 0.5) is 14.5 Å². The van der Waals surface area contributed by atoms with E-state index < -0.39 is 24.8 Å². The molecule has 1 aromatic carbocycles. The number of benzene rings is 1. The summed E-state index contributed by atoms with van der Waals surface area (Å²) in [4.78, 5) is 22.9. The Balaban J connectivity index is 1.86. The second kappa shape index (κ2) is 6.91. The third-order valence-corrected chi connectivity index (χ3v) is 2.57. The normalized spacial score (nSPS) is 15.1. The first-order chi connectivity index (χ1) is 10.9. The summed E-state index contributed by atoms with van der Waals surface area (Å²) in [6.45, 7) is 1.27. The van der Waals surface area contributed by atoms with Gasteiger partial charge in [0.2, 0.25) is 0 Å². The van der Waals surface area contributed by atoms with Crippen LogP contribution in [-0.2, 0) is 14.3 Å². The molecule has 0 atom stereocenters. The minimum absolute atomic E-state index is 0.131. The summed E-state index contributed by atoms with van der Waals surface area (Å²) >= 11 is 0. The standard InChI is InChI=1S/C15H13F2NO5/c1-2-3-4-5-14(20)21-9-13(19)18-10-6-7-11-12(8-10)23-15(16,17)22-11/h2-8H,9H2,1H3,(H,18,19)/b3-2+,5-4+. The molecular weight excluding hydrogens is 312 g/mol. The summed E-state index contributed by atoms with van der Waals surface area (Å²) in [6.07, 6.45) is 2.26. The Hall–Kier alpha value is -2.90. The van der Waals surface area contributed by atoms with E-state index in [-0.39, 0.29) is 17.2 Å². The number of carbonyl (C=O) groups excluding carboxylic acids is 2. The van der Waals surface area contributed by atoms with E-state index in [2.05, 4.69) is 14.8 Å². The van der Waals surface area contributed by atoms with Gasteiger partial charge in [-0.1, -0.05) is 18.2 Å². The molecule has 8 heteroatoms. The Labute approximate surface area is 130 Å². The molecule has 1 aliphatic rings. The Kier molecular flexibility index (Phi) is 4.95. The zero-order valence-electron chi connectivity index (χ0n) is 12.0. The maximum absolute atomic E-state index is 12.9. The van der Waals surface area contributed by atoms with E-state index in [1.807, 2.05) is 0 Å². The maximum Gasteiger partial charge on any atom is 0.586 e. The van der Waals surface area contributed by atoms with Crippen LogP contribution in [0.25, 0.3) is 0 Å². The average Bonchev–Trinajstić information content (AvgIpc) is 2.78. The lowest BCUT2D eigenvalue weighted by Crippen LogP contribution is -2.25. The first-order valence-electron chi connectivity index (χ1n) is 6.55. The SMILES string of the molecule is C/C=C/C=C/C(=O)OCC(=O)Nc1ccc2c(c1)OC(F)(F)O2. The predicted octanol–water partition coefficient (Wildman–Crippen LogP) is 2.62. The van der Waals surface area contributed by atoms with Gasteiger partial charge in [0.1, 0.15) is 0 Å². The van der Waals surface area contributed by atoms with Crippen LogP contribution in [0, 0.1) is 0 Å². The second-order valence-corrected chi connectivity index (χ2v) is 4.37. The van der Waals surface area contributed by atoms with Crippen molar-refractivity contribution in [2.75, 3.05) is 11.9 Å². The zero-order chi connectivity index (χ0) is 16.9. The van der Waals surface area contributed by atoms with E-state index >= 15 is 0 Å². The van der Waals surface area contributed by atoms with E-state index in [9.17, 15) is 18.4 Å². The highest BCUT2D eigenvalue weighted by Crippen LogP contribution is 2.42. The molecule has 1 N–H and O–H groups in total. The van der Waals surface area contributed by atoms with Crippen LogP contribution in [0.5, 0.6) is 11.5 Å². The molecule has 1 amide bonds. The number of ether oxygens (including phenoxy) is 3. The summed E-state index contributed by atoms with van der Waals surface area (Å²) in [6, 6.07) is 3.77. The molecule has 0 spiro atoms. The summed E-state index contributed by atoms with van der Waals surface area (Å²) in [5.74, 6) is -1.63. The van der Waals surface area contributed by atoms with Crippen molar-refractivity contribution in [2.45, 2.75) is 13.2 Å². The number of halogens is 2. The average molecular weight is 325 g/mol. The first-order valence-corrected chi connectivity index (χ1v) is 6.55. The Bertz CT molecular complexity index is 670. The van der Waals surface area contributed by atoms with Crippen molar-refractivity contribution in [2.24, 2.45) is 0 Å². The highest BCUT2D eigenvalue weighted by Gasteiger charge is 2.43. The van der Waals surface area contributed by atoms with Crippen LogP contribution < -0.4 is 14.8 Å². The molecule has 0 saturated carbocycles. The molecule has 1 heterocycles. The molecule has 2 rings (SSSR count). The largest absolute Gasteiger partial charge is 0.586 e. The predicted molar refractivity (Wildman–Crippen MR) is 76.2 cm³/mol. The molecule has 0 aromatic heterocycles. The number of amides is 1. The molecular formula is C15H13F2NO5. The van der Waals surface area contributed by atoms with Crippen molar-refractivity contribution < 1.29 is 32.6 Å². The van der Waals surface area contributed by atoms with E-state index in [4.69, 9.17) is 4.74 Å². The van der Waals surface area contributed by atoms with Gasteiger partial charge in [-0.3, -0.25) is 4.79 Å². The minimum Gasteiger partial charge on any atom is -0.452 e. The highest BCUT2D eigenvalue weighted by atomic mass is 19.3. The topological polar surface area (TPSA) is 73.9 Å². The third kappa shape index (κ3) is 4.80. The fourth-order valence-electron chi connectivity index (χ4n) is 1.65. The van der Waals surface area contributed by atoms with Gasteiger partial charge >= 0.3 is 12.3 Å². The lowest BCUT2D eigenvalue weighted by atomic mass is 10.3. The minimum atomic E-state index is -3.72. The van der Waals surface area contributed by atoms with Gasteiger partial charge in [0.15, 0.2) is 18.1 Å². The summed E-state index contributed by atoms with van der Waals surface area (Å²) in [7, 11) is 0. The van der Waals surface area contributed by atoms with Gasteiger partial charge in [-0.25, -0.2) is 4.79 Å². The van der Waals surface area contributed by atoms with Gasteiger partial charge in [0.05, 0.1) is 0 Å². The van der Waals surface area contributed by atoms with E-state index in [1.54, 1.807) is 19.1 Å². The molecule has 0 radical (unpaired) electrons. The number of fused-ring (bicyclic) bond motifs is 1. The molecule has 6 nitrogen and oxygen atoms in total. The van der Waals surface area contributed by atoms with Gasteiger partial charge in [0, 0.05) is 17.8 Å². The Morgan fingerprint density at radius 1 is 1.26 bits per heavy atom. The molecule has 1 aromatic rings. The lowest BCUT2D eigenvalue weighted by Gasteiger charge is -2.06. The van der Waals surface area contributed by atoms with Crippen molar-refractivity contribution in [1.29, 1.82) is 0 Å². The van der Waals surface area contributed by atoms with Gasteiger partial charge in [-0.15, -0.1) is 8.78 Å². The molecule has 0 saturated heterocycles. The fourth-order valence-corrected chi connectivity index (χ4v) is 1.65. The third-order valence-electron chi connectivity index (χ3n) is 2.57. The number of carbonyl (C=O) groups is 2. The summed E-state index contributed by atoms with van der Waals surface area (Å²) < 4.78 is 38.9. The number of anilines is 1. The van der Waals surface area contributed by atoms with Gasteiger partial charge in [-0.2, -0.15) is 0 Å². The van der Waals surface area contributed by atoms with Gasteiger partial charge in [-0.05, 0) is 19.1 Å². The first kappa shape index (κ1) is 16.5. The second-order valence-electron chi connectivity index (χ2n) is 4.37. The molecule has 0 fully saturated rings. The van der Waals surface area contributed by atoms with Crippen LogP contribution in [0.2, 0.25) is 0 Å². The van der Waals surface area contributed by atoms with Crippen molar-refractivity contribution >= 4 is 17.6 Å². The molecule has 1 aliphatic heterocycles. The fraction of sp³-hybridized carbons (Fsp3) is 0.200. The molecule has 23 heavy (non-hydrogen) atoms. The number of hydrogen-bond donors (Lipinski definition) is 1. The van der Waals surface area contributed by atoms with Crippen molar-refractivity contribution in [3.05, 3.63) is 42.5 Å². The highest BCUT2D eigenvalue weighted by molar-refractivity contribution is 5.94. The van der Waals surface area contributed by atoms with E-state index in [0.717, 1.165) is 6.08 Å². The smallest absolute Gasteiger partial charge is 0.452 e. The molecule has 122 valence electrons. The van der Waals surface area contributed by atoms with Crippen molar-refractivity contribution in [3.8, 4) is 11.5 Å². The van der Waals surface area contributed by atoms with Crippen molar-refractivity contribution in [3.63, 3.8) is 0 Å².